The second-order valence-corrected chi connectivity index (χ2v) is 4.35. The molecular formula is C10H12F3N3S. The van der Waals surface area contributed by atoms with Crippen LogP contribution in [-0.2, 0) is 19.1 Å². The minimum absolute atomic E-state index is 0.0963. The van der Waals surface area contributed by atoms with E-state index in [0.29, 0.717) is 12.1 Å². The van der Waals surface area contributed by atoms with Gasteiger partial charge in [0.1, 0.15) is 0 Å². The highest BCUT2D eigenvalue weighted by Crippen LogP contribution is 2.33. The van der Waals surface area contributed by atoms with E-state index >= 15 is 0 Å². The van der Waals surface area contributed by atoms with Crippen LogP contribution in [0.2, 0.25) is 0 Å². The smallest absolute Gasteiger partial charge is 0.334 e. The van der Waals surface area contributed by atoms with Gasteiger partial charge in [0.25, 0.3) is 0 Å². The summed E-state index contributed by atoms with van der Waals surface area (Å²) in [5, 5.41) is 0. The molecule has 0 saturated carbocycles. The molecule has 2 heterocycles. The molecular weight excluding hydrogens is 251 g/mol. The van der Waals surface area contributed by atoms with Crippen LogP contribution in [0.4, 0.5) is 13.2 Å². The van der Waals surface area contributed by atoms with Gasteiger partial charge in [0.05, 0.1) is 0 Å². The number of rotatable bonds is 1. The molecule has 0 atom stereocenters. The number of nitrogens with one attached hydrogen (secondary N) is 1. The number of fused-ring (bicyclic) bond motifs is 1. The fraction of sp³-hybridized carbons (Fsp3) is 0.600. The number of aromatic nitrogens is 2. The highest BCUT2D eigenvalue weighted by Gasteiger charge is 2.37. The maximum absolute atomic E-state index is 12.8. The maximum atomic E-state index is 12.8. The third kappa shape index (κ3) is 2.50. The highest BCUT2D eigenvalue weighted by atomic mass is 32.1. The predicted molar refractivity (Wildman–Crippen MR) is 59.1 cm³/mol. The molecule has 0 bridgehead atoms. The first-order valence-corrected chi connectivity index (χ1v) is 5.74. The first-order chi connectivity index (χ1) is 7.91. The van der Waals surface area contributed by atoms with Gasteiger partial charge in [0, 0.05) is 30.8 Å². The summed E-state index contributed by atoms with van der Waals surface area (Å²) in [6.07, 6.45) is -3.89. The van der Waals surface area contributed by atoms with Crippen LogP contribution in [0.1, 0.15) is 23.9 Å². The largest absolute Gasteiger partial charge is 0.433 e. The molecule has 0 amide bonds. The topological polar surface area (TPSA) is 31.9 Å². The van der Waals surface area contributed by atoms with Crippen LogP contribution in [-0.4, -0.2) is 28.0 Å². The van der Waals surface area contributed by atoms with Crippen LogP contribution < -0.4 is 0 Å². The van der Waals surface area contributed by atoms with Crippen molar-refractivity contribution >= 4 is 12.2 Å². The van der Waals surface area contributed by atoms with Gasteiger partial charge in [-0.2, -0.15) is 13.2 Å². The van der Waals surface area contributed by atoms with Gasteiger partial charge in [-0.25, -0.2) is 4.98 Å². The number of H-pyrrole nitrogens is 1. The number of halogens is 3. The first kappa shape index (κ1) is 12.5. The van der Waals surface area contributed by atoms with Gasteiger partial charge in [0.15, 0.2) is 10.5 Å². The van der Waals surface area contributed by atoms with Crippen LogP contribution in [0, 0.1) is 4.77 Å². The van der Waals surface area contributed by atoms with Gasteiger partial charge in [-0.15, -0.1) is 0 Å². The first-order valence-electron chi connectivity index (χ1n) is 5.33. The van der Waals surface area contributed by atoms with E-state index in [2.05, 4.69) is 9.97 Å². The Morgan fingerprint density at radius 3 is 2.76 bits per heavy atom. The summed E-state index contributed by atoms with van der Waals surface area (Å²) < 4.78 is 38.4. The standard InChI is InChI=1S/C10H12F3N3S/c1-2-16-4-3-7-6(5-16)8(10(11,12)13)15-9(17)14-7/h2-5H2,1H3,(H,14,15,17). The van der Waals surface area contributed by atoms with Crippen molar-refractivity contribution in [2.75, 3.05) is 13.1 Å². The number of aromatic amines is 1. The summed E-state index contributed by atoms with van der Waals surface area (Å²) >= 11 is 4.73. The number of hydrogen-bond acceptors (Lipinski definition) is 3. The molecule has 0 spiro atoms. The molecule has 17 heavy (non-hydrogen) atoms. The number of likely N-dealkylation sites (N-methyl/N-ethyl adjacent to an activating group) is 1. The minimum atomic E-state index is -4.44. The molecule has 1 aromatic rings. The number of alkyl halides is 3. The maximum Gasteiger partial charge on any atom is 0.433 e. The Morgan fingerprint density at radius 2 is 2.18 bits per heavy atom. The third-order valence-electron chi connectivity index (χ3n) is 2.90. The number of hydrogen-bond donors (Lipinski definition) is 1. The Balaban J connectivity index is 2.53. The van der Waals surface area contributed by atoms with E-state index in [-0.39, 0.29) is 16.9 Å². The zero-order valence-corrected chi connectivity index (χ0v) is 10.1. The average molecular weight is 263 g/mol. The summed E-state index contributed by atoms with van der Waals surface area (Å²) in [4.78, 5) is 8.15. The molecule has 0 aliphatic carbocycles. The van der Waals surface area contributed by atoms with Crippen molar-refractivity contribution < 1.29 is 13.2 Å². The Kier molecular flexibility index (Phi) is 3.22. The Bertz CT molecular complexity index is 481. The molecule has 2 rings (SSSR count). The molecule has 1 N–H and O–H groups in total. The van der Waals surface area contributed by atoms with Crippen molar-refractivity contribution in [3.63, 3.8) is 0 Å². The van der Waals surface area contributed by atoms with Crippen molar-refractivity contribution in [1.29, 1.82) is 0 Å². The molecule has 94 valence electrons. The van der Waals surface area contributed by atoms with Gasteiger partial charge in [-0.05, 0) is 18.8 Å². The SMILES string of the molecule is CCN1CCc2[nH]c(=S)nc(C(F)(F)F)c2C1. The Morgan fingerprint density at radius 1 is 1.47 bits per heavy atom. The van der Waals surface area contributed by atoms with E-state index in [1.807, 2.05) is 11.8 Å². The zero-order valence-electron chi connectivity index (χ0n) is 9.26. The summed E-state index contributed by atoms with van der Waals surface area (Å²) in [5.74, 6) is 0. The summed E-state index contributed by atoms with van der Waals surface area (Å²) in [6.45, 7) is 3.68. The van der Waals surface area contributed by atoms with Gasteiger partial charge in [-0.1, -0.05) is 6.92 Å². The second kappa shape index (κ2) is 4.38. The van der Waals surface area contributed by atoms with Gasteiger partial charge in [-0.3, -0.25) is 4.90 Å². The van der Waals surface area contributed by atoms with Crippen LogP contribution in [0.25, 0.3) is 0 Å². The molecule has 0 unspecified atom stereocenters. The van der Waals surface area contributed by atoms with Crippen LogP contribution in [0.3, 0.4) is 0 Å². The van der Waals surface area contributed by atoms with Crippen LogP contribution in [0.5, 0.6) is 0 Å². The average Bonchev–Trinajstić information content (AvgIpc) is 2.26. The molecule has 1 aliphatic rings. The monoisotopic (exact) mass is 263 g/mol. The molecule has 3 nitrogen and oxygen atoms in total. The van der Waals surface area contributed by atoms with Gasteiger partial charge >= 0.3 is 6.18 Å². The molecule has 0 aromatic carbocycles. The van der Waals surface area contributed by atoms with Crippen molar-refractivity contribution in [1.82, 2.24) is 14.9 Å². The normalized spacial score (nSPS) is 16.9. The molecule has 7 heteroatoms. The van der Waals surface area contributed by atoms with E-state index in [4.69, 9.17) is 12.2 Å². The van der Waals surface area contributed by atoms with Crippen LogP contribution >= 0.6 is 12.2 Å². The second-order valence-electron chi connectivity index (χ2n) is 3.96. The van der Waals surface area contributed by atoms with Gasteiger partial charge in [0.2, 0.25) is 0 Å². The fourth-order valence-corrected chi connectivity index (χ4v) is 2.22. The quantitative estimate of drug-likeness (QED) is 0.790. The Hall–Kier alpha value is -0.950. The van der Waals surface area contributed by atoms with Crippen molar-refractivity contribution in [2.24, 2.45) is 0 Å². The molecule has 1 aromatic heterocycles. The fourth-order valence-electron chi connectivity index (χ4n) is 2.01. The zero-order chi connectivity index (χ0) is 12.6. The Labute approximate surface area is 102 Å². The predicted octanol–water partition coefficient (Wildman–Crippen LogP) is 2.54. The van der Waals surface area contributed by atoms with Gasteiger partial charge < -0.3 is 4.98 Å². The van der Waals surface area contributed by atoms with Crippen molar-refractivity contribution in [3.8, 4) is 0 Å². The van der Waals surface area contributed by atoms with Crippen molar-refractivity contribution in [3.05, 3.63) is 21.7 Å². The molecule has 0 saturated heterocycles. The van der Waals surface area contributed by atoms with E-state index < -0.39 is 11.9 Å². The van der Waals surface area contributed by atoms with E-state index in [1.54, 1.807) is 0 Å². The van der Waals surface area contributed by atoms with E-state index in [0.717, 1.165) is 13.1 Å². The third-order valence-corrected chi connectivity index (χ3v) is 3.09. The minimum Gasteiger partial charge on any atom is -0.334 e. The van der Waals surface area contributed by atoms with Crippen LogP contribution in [0.15, 0.2) is 0 Å². The summed E-state index contributed by atoms with van der Waals surface area (Å²) in [6, 6.07) is 0. The lowest BCUT2D eigenvalue weighted by molar-refractivity contribution is -0.142. The van der Waals surface area contributed by atoms with E-state index in [1.165, 1.54) is 0 Å². The molecule has 0 fully saturated rings. The lowest BCUT2D eigenvalue weighted by Gasteiger charge is -2.28. The molecule has 1 aliphatic heterocycles. The molecule has 0 radical (unpaired) electrons. The highest BCUT2D eigenvalue weighted by molar-refractivity contribution is 7.71. The lowest BCUT2D eigenvalue weighted by Crippen LogP contribution is -2.33. The summed E-state index contributed by atoms with van der Waals surface area (Å²) in [7, 11) is 0. The number of nitrogens with zero attached hydrogens (tertiary/aromatic N) is 2. The van der Waals surface area contributed by atoms with Crippen molar-refractivity contribution in [2.45, 2.75) is 26.1 Å². The lowest BCUT2D eigenvalue weighted by atomic mass is 10.0. The summed E-state index contributed by atoms with van der Waals surface area (Å²) in [5.41, 5.74) is -0.0318. The van der Waals surface area contributed by atoms with E-state index in [9.17, 15) is 13.2 Å².